The van der Waals surface area contributed by atoms with Gasteiger partial charge in [-0.05, 0) is 18.2 Å². The van der Waals surface area contributed by atoms with Crippen LogP contribution in [0.1, 0.15) is 10.4 Å². The maximum absolute atomic E-state index is 13.5. The fraction of sp³-hybridized carbons (Fsp3) is 0. The number of benzene rings is 1. The lowest BCUT2D eigenvalue weighted by atomic mass is 10.2. The Kier molecular flexibility index (Phi) is 3.42. The molecule has 1 aromatic carbocycles. The summed E-state index contributed by atoms with van der Waals surface area (Å²) in [5, 5.41) is 9.34. The standard InChI is InChI=1S/C11H8FN3O2S/c12-7-4-9(8(13)3-6(7)11(16)17)18-10-1-2-14-5-15-10/h1-5H,13H2,(H,16,17). The molecule has 0 saturated carbocycles. The Labute approximate surface area is 106 Å². The molecular weight excluding hydrogens is 257 g/mol. The number of aromatic carboxylic acids is 1. The molecule has 0 saturated heterocycles. The van der Waals surface area contributed by atoms with Crippen LogP contribution in [0.3, 0.4) is 0 Å². The topological polar surface area (TPSA) is 89.1 Å². The summed E-state index contributed by atoms with van der Waals surface area (Å²) in [6.45, 7) is 0. The smallest absolute Gasteiger partial charge is 0.338 e. The minimum Gasteiger partial charge on any atom is -0.478 e. The first kappa shape index (κ1) is 12.3. The Bertz CT molecular complexity index is 592. The predicted molar refractivity (Wildman–Crippen MR) is 63.9 cm³/mol. The van der Waals surface area contributed by atoms with Crippen molar-refractivity contribution in [3.05, 3.63) is 42.1 Å². The SMILES string of the molecule is Nc1cc(C(=O)O)c(F)cc1Sc1ccncn1. The van der Waals surface area contributed by atoms with E-state index in [1.54, 1.807) is 12.3 Å². The highest BCUT2D eigenvalue weighted by Gasteiger charge is 2.14. The average molecular weight is 265 g/mol. The summed E-state index contributed by atoms with van der Waals surface area (Å²) in [6.07, 6.45) is 2.91. The van der Waals surface area contributed by atoms with Crippen molar-refractivity contribution in [1.82, 2.24) is 9.97 Å². The van der Waals surface area contributed by atoms with Gasteiger partial charge in [0.2, 0.25) is 0 Å². The van der Waals surface area contributed by atoms with Crippen LogP contribution in [-0.4, -0.2) is 21.0 Å². The lowest BCUT2D eigenvalue weighted by Crippen LogP contribution is -2.03. The Balaban J connectivity index is 2.35. The van der Waals surface area contributed by atoms with E-state index < -0.39 is 17.3 Å². The molecule has 0 aliphatic carbocycles. The summed E-state index contributed by atoms with van der Waals surface area (Å²) in [5.74, 6) is -2.17. The number of carbonyl (C=O) groups is 1. The molecule has 0 aliphatic heterocycles. The molecule has 0 amide bonds. The molecule has 0 bridgehead atoms. The molecule has 1 heterocycles. The number of nitrogens with zero attached hydrogens (tertiary/aromatic N) is 2. The number of carboxylic acids is 1. The third-order valence-electron chi connectivity index (χ3n) is 2.10. The second kappa shape index (κ2) is 5.01. The minimum atomic E-state index is -1.35. The highest BCUT2D eigenvalue weighted by atomic mass is 32.2. The number of aromatic nitrogens is 2. The molecule has 18 heavy (non-hydrogen) atoms. The quantitative estimate of drug-likeness (QED) is 0.652. The molecule has 0 atom stereocenters. The number of anilines is 1. The van der Waals surface area contributed by atoms with E-state index in [0.29, 0.717) is 9.92 Å². The molecule has 0 fully saturated rings. The number of nitrogens with two attached hydrogens (primary N) is 1. The van der Waals surface area contributed by atoms with Gasteiger partial charge < -0.3 is 10.8 Å². The second-order valence-electron chi connectivity index (χ2n) is 3.32. The second-order valence-corrected chi connectivity index (χ2v) is 4.39. The van der Waals surface area contributed by atoms with Gasteiger partial charge in [0.25, 0.3) is 0 Å². The lowest BCUT2D eigenvalue weighted by molar-refractivity contribution is 0.0692. The minimum absolute atomic E-state index is 0.192. The monoisotopic (exact) mass is 265 g/mol. The molecule has 7 heteroatoms. The van der Waals surface area contributed by atoms with Gasteiger partial charge in [0.05, 0.1) is 5.56 Å². The van der Waals surface area contributed by atoms with Gasteiger partial charge in [0, 0.05) is 16.8 Å². The molecule has 0 unspecified atom stereocenters. The van der Waals surface area contributed by atoms with Crippen LogP contribution in [0.4, 0.5) is 10.1 Å². The molecule has 3 N–H and O–H groups in total. The van der Waals surface area contributed by atoms with Crippen LogP contribution >= 0.6 is 11.8 Å². The zero-order valence-electron chi connectivity index (χ0n) is 9.00. The van der Waals surface area contributed by atoms with E-state index in [-0.39, 0.29) is 5.69 Å². The lowest BCUT2D eigenvalue weighted by Gasteiger charge is -2.06. The largest absolute Gasteiger partial charge is 0.478 e. The van der Waals surface area contributed by atoms with Crippen LogP contribution in [0, 0.1) is 5.82 Å². The van der Waals surface area contributed by atoms with Crippen LogP contribution in [-0.2, 0) is 0 Å². The van der Waals surface area contributed by atoms with Crippen molar-refractivity contribution in [1.29, 1.82) is 0 Å². The van der Waals surface area contributed by atoms with Gasteiger partial charge in [-0.25, -0.2) is 19.2 Å². The van der Waals surface area contributed by atoms with E-state index >= 15 is 0 Å². The van der Waals surface area contributed by atoms with Crippen LogP contribution in [0.2, 0.25) is 0 Å². The normalized spacial score (nSPS) is 10.3. The number of hydrogen-bond acceptors (Lipinski definition) is 5. The van der Waals surface area contributed by atoms with E-state index in [1.807, 2.05) is 0 Å². The number of nitrogen functional groups attached to an aromatic ring is 1. The predicted octanol–water partition coefficient (Wildman–Crippen LogP) is 2.05. The number of rotatable bonds is 3. The summed E-state index contributed by atoms with van der Waals surface area (Å²) in [5.41, 5.74) is 5.43. The van der Waals surface area contributed by atoms with Crippen molar-refractivity contribution in [2.75, 3.05) is 5.73 Å². The summed E-state index contributed by atoms with van der Waals surface area (Å²) in [7, 11) is 0. The molecule has 0 aliphatic rings. The maximum atomic E-state index is 13.5. The Morgan fingerprint density at radius 3 is 2.83 bits per heavy atom. The van der Waals surface area contributed by atoms with Crippen molar-refractivity contribution in [2.45, 2.75) is 9.92 Å². The number of halogens is 1. The van der Waals surface area contributed by atoms with E-state index in [0.717, 1.165) is 23.9 Å². The van der Waals surface area contributed by atoms with Crippen molar-refractivity contribution in [3.8, 4) is 0 Å². The molecule has 1 aromatic heterocycles. The number of carboxylic acid groups (broad SMARTS) is 1. The third-order valence-corrected chi connectivity index (χ3v) is 3.12. The van der Waals surface area contributed by atoms with Crippen molar-refractivity contribution < 1.29 is 14.3 Å². The molecule has 92 valence electrons. The average Bonchev–Trinajstić information content (AvgIpc) is 2.34. The first-order valence-electron chi connectivity index (χ1n) is 4.84. The van der Waals surface area contributed by atoms with Crippen molar-refractivity contribution in [2.24, 2.45) is 0 Å². The van der Waals surface area contributed by atoms with Gasteiger partial charge in [-0.3, -0.25) is 0 Å². The van der Waals surface area contributed by atoms with Crippen LogP contribution < -0.4 is 5.73 Å². The van der Waals surface area contributed by atoms with E-state index in [9.17, 15) is 9.18 Å². The van der Waals surface area contributed by atoms with Gasteiger partial charge in [-0.15, -0.1) is 0 Å². The Morgan fingerprint density at radius 1 is 1.44 bits per heavy atom. The van der Waals surface area contributed by atoms with Gasteiger partial charge in [0.15, 0.2) is 0 Å². The Hall–Kier alpha value is -2.15. The summed E-state index contributed by atoms with van der Waals surface area (Å²) in [4.78, 5) is 18.9. The first-order chi connectivity index (χ1) is 8.58. The van der Waals surface area contributed by atoms with Crippen molar-refractivity contribution >= 4 is 23.4 Å². The summed E-state index contributed by atoms with van der Waals surface area (Å²) >= 11 is 1.14. The number of hydrogen-bond donors (Lipinski definition) is 2. The highest BCUT2D eigenvalue weighted by Crippen LogP contribution is 2.32. The molecule has 2 rings (SSSR count). The molecular formula is C11H8FN3O2S. The fourth-order valence-corrected chi connectivity index (χ4v) is 2.07. The van der Waals surface area contributed by atoms with E-state index in [4.69, 9.17) is 10.8 Å². The van der Waals surface area contributed by atoms with E-state index in [2.05, 4.69) is 9.97 Å². The molecule has 0 spiro atoms. The zero-order chi connectivity index (χ0) is 13.1. The van der Waals surface area contributed by atoms with Crippen LogP contribution in [0.15, 0.2) is 40.6 Å². The fourth-order valence-electron chi connectivity index (χ4n) is 1.28. The van der Waals surface area contributed by atoms with Crippen molar-refractivity contribution in [3.63, 3.8) is 0 Å². The van der Waals surface area contributed by atoms with Crippen LogP contribution in [0.5, 0.6) is 0 Å². The van der Waals surface area contributed by atoms with Crippen LogP contribution in [0.25, 0.3) is 0 Å². The summed E-state index contributed by atoms with van der Waals surface area (Å²) < 4.78 is 13.5. The van der Waals surface area contributed by atoms with Gasteiger partial charge in [-0.2, -0.15) is 0 Å². The Morgan fingerprint density at radius 2 is 2.22 bits per heavy atom. The molecule has 0 radical (unpaired) electrons. The first-order valence-corrected chi connectivity index (χ1v) is 5.66. The summed E-state index contributed by atoms with van der Waals surface area (Å²) in [6, 6.07) is 3.83. The van der Waals surface area contributed by atoms with Gasteiger partial charge in [0.1, 0.15) is 17.2 Å². The van der Waals surface area contributed by atoms with Gasteiger partial charge in [-0.1, -0.05) is 11.8 Å². The molecule has 2 aromatic rings. The third kappa shape index (κ3) is 2.57. The molecule has 5 nitrogen and oxygen atoms in total. The highest BCUT2D eigenvalue weighted by molar-refractivity contribution is 7.99. The van der Waals surface area contributed by atoms with E-state index in [1.165, 1.54) is 6.33 Å². The van der Waals surface area contributed by atoms with Gasteiger partial charge >= 0.3 is 5.97 Å². The maximum Gasteiger partial charge on any atom is 0.338 e. The zero-order valence-corrected chi connectivity index (χ0v) is 9.82.